The van der Waals surface area contributed by atoms with Gasteiger partial charge in [0.15, 0.2) is 21.6 Å². The molecule has 5 aromatic heterocycles. The highest BCUT2D eigenvalue weighted by molar-refractivity contribution is 14.1. The molecule has 2 aliphatic heterocycles. The Morgan fingerprint density at radius 2 is 1.31 bits per heavy atom. The molecule has 2 atom stereocenters. The summed E-state index contributed by atoms with van der Waals surface area (Å²) in [4.78, 5) is 17.0. The summed E-state index contributed by atoms with van der Waals surface area (Å²) in [5.74, 6) is 1.72. The number of ether oxygens (including phenoxy) is 2. The number of fused-ring (bicyclic) bond motifs is 2. The lowest BCUT2D eigenvalue weighted by molar-refractivity contribution is 0.0246. The molecule has 1 aromatic carbocycles. The molecule has 51 heavy (non-hydrogen) atoms. The SMILES string of the molecule is Clc1cc(NCC2CCCCO2)c2ncc(-c3ccc(-c4cnc(C5CC5)[nH]4)cc3)n2n1.Clc1cc(NCC2CCCCO2)c2ncc(I)n2n1. The predicted octanol–water partition coefficient (Wildman–Crippen LogP) is 8.27. The Morgan fingerprint density at radius 3 is 1.92 bits per heavy atom. The Bertz CT molecular complexity index is 2100. The minimum Gasteiger partial charge on any atom is -0.379 e. The number of anilines is 2. The second-order valence-corrected chi connectivity index (χ2v) is 15.1. The van der Waals surface area contributed by atoms with E-state index in [2.05, 4.69) is 87.6 Å². The summed E-state index contributed by atoms with van der Waals surface area (Å²) in [5, 5.41) is 16.5. The molecule has 7 heterocycles. The van der Waals surface area contributed by atoms with Crippen LogP contribution in [-0.2, 0) is 9.47 Å². The van der Waals surface area contributed by atoms with Crippen LogP contribution in [0.1, 0.15) is 63.1 Å². The van der Waals surface area contributed by atoms with E-state index in [1.54, 1.807) is 10.7 Å². The van der Waals surface area contributed by atoms with Gasteiger partial charge in [0.05, 0.1) is 53.6 Å². The number of halogens is 3. The third kappa shape index (κ3) is 8.12. The molecule has 3 N–H and O–H groups in total. The van der Waals surface area contributed by atoms with Crippen molar-refractivity contribution in [3.63, 3.8) is 0 Å². The molecule has 2 saturated heterocycles. The maximum atomic E-state index is 6.36. The van der Waals surface area contributed by atoms with Gasteiger partial charge in [-0.15, -0.1) is 0 Å². The minimum absolute atomic E-state index is 0.223. The van der Waals surface area contributed by atoms with Crippen molar-refractivity contribution < 1.29 is 9.47 Å². The lowest BCUT2D eigenvalue weighted by Gasteiger charge is -2.23. The third-order valence-electron chi connectivity index (χ3n) is 9.47. The fourth-order valence-corrected chi connectivity index (χ4v) is 7.40. The van der Waals surface area contributed by atoms with Crippen molar-refractivity contribution in [3.8, 4) is 22.5 Å². The van der Waals surface area contributed by atoms with Gasteiger partial charge in [-0.2, -0.15) is 10.2 Å². The van der Waals surface area contributed by atoms with Crippen LogP contribution < -0.4 is 10.6 Å². The van der Waals surface area contributed by atoms with Gasteiger partial charge in [-0.1, -0.05) is 47.5 Å². The minimum atomic E-state index is 0.223. The van der Waals surface area contributed by atoms with Gasteiger partial charge in [-0.05, 0) is 79.5 Å². The summed E-state index contributed by atoms with van der Waals surface area (Å²) in [5.41, 5.74) is 7.41. The highest BCUT2D eigenvalue weighted by atomic mass is 127. The number of nitrogens with zero attached hydrogens (tertiary/aromatic N) is 7. The largest absolute Gasteiger partial charge is 0.379 e. The number of H-pyrrole nitrogens is 1. The Labute approximate surface area is 319 Å². The molecule has 1 aliphatic carbocycles. The van der Waals surface area contributed by atoms with Crippen molar-refractivity contribution >= 4 is 68.5 Å². The average Bonchev–Trinajstić information content (AvgIpc) is 3.54. The maximum Gasteiger partial charge on any atom is 0.178 e. The molecular formula is C36H39Cl2IN10O2. The van der Waals surface area contributed by atoms with Gasteiger partial charge < -0.3 is 25.1 Å². The van der Waals surface area contributed by atoms with E-state index in [4.69, 9.17) is 32.7 Å². The number of benzene rings is 1. The predicted molar refractivity (Wildman–Crippen MR) is 208 cm³/mol. The van der Waals surface area contributed by atoms with Crippen molar-refractivity contribution in [1.29, 1.82) is 0 Å². The monoisotopic (exact) mass is 840 g/mol. The summed E-state index contributed by atoms with van der Waals surface area (Å²) >= 11 is 14.6. The Kier molecular flexibility index (Phi) is 10.6. The van der Waals surface area contributed by atoms with Crippen LogP contribution in [0.5, 0.6) is 0 Å². The number of nitrogens with one attached hydrogen (secondary N) is 3. The zero-order chi connectivity index (χ0) is 34.7. The van der Waals surface area contributed by atoms with Crippen LogP contribution in [0.2, 0.25) is 10.3 Å². The van der Waals surface area contributed by atoms with E-state index in [9.17, 15) is 0 Å². The molecule has 9 rings (SSSR count). The smallest absolute Gasteiger partial charge is 0.178 e. The van der Waals surface area contributed by atoms with Crippen molar-refractivity contribution in [2.45, 2.75) is 69.5 Å². The van der Waals surface area contributed by atoms with Crippen molar-refractivity contribution in [2.75, 3.05) is 36.9 Å². The van der Waals surface area contributed by atoms with Gasteiger partial charge in [0.2, 0.25) is 0 Å². The first-order chi connectivity index (χ1) is 25.0. The number of aromatic nitrogens is 8. The van der Waals surface area contributed by atoms with Crippen LogP contribution in [0.15, 0.2) is 55.0 Å². The van der Waals surface area contributed by atoms with Gasteiger partial charge >= 0.3 is 0 Å². The standard InChI is InChI=1S/C24H25ClN6O.C12H14ClIN4O/c25-22-11-19(26-12-18-3-1-2-10-32-18)24-28-14-21(31(24)30-22)16-6-4-15(5-7-16)20-13-27-23(29-20)17-8-9-17;13-10-5-9(12-16-7-11(14)18(12)17-10)15-6-8-3-1-2-4-19-8/h4-7,11,13-14,17-18,26H,1-3,8-10,12H2,(H,27,29);5,7-8,15H,1-4,6H2. The molecule has 0 spiro atoms. The first-order valence-corrected chi connectivity index (χ1v) is 19.4. The highest BCUT2D eigenvalue weighted by Gasteiger charge is 2.26. The van der Waals surface area contributed by atoms with Crippen molar-refractivity contribution in [3.05, 3.63) is 74.8 Å². The van der Waals surface area contributed by atoms with Gasteiger partial charge in [-0.3, -0.25) is 0 Å². The van der Waals surface area contributed by atoms with Crippen molar-refractivity contribution in [1.82, 2.24) is 39.2 Å². The second-order valence-electron chi connectivity index (χ2n) is 13.2. The summed E-state index contributed by atoms with van der Waals surface area (Å²) in [6.07, 6.45) is 15.5. The van der Waals surface area contributed by atoms with Crippen molar-refractivity contribution in [2.24, 2.45) is 0 Å². The van der Waals surface area contributed by atoms with E-state index in [1.165, 1.54) is 32.1 Å². The number of hydrogen-bond donors (Lipinski definition) is 3. The fraction of sp³-hybridized carbons (Fsp3) is 0.417. The zero-order valence-electron chi connectivity index (χ0n) is 28.0. The number of aromatic amines is 1. The molecule has 3 aliphatic rings. The Balaban J connectivity index is 0.000000168. The molecule has 266 valence electrons. The van der Waals surface area contributed by atoms with E-state index < -0.39 is 0 Å². The topological polar surface area (TPSA) is 132 Å². The summed E-state index contributed by atoms with van der Waals surface area (Å²) in [7, 11) is 0. The molecule has 1 saturated carbocycles. The van der Waals surface area contributed by atoms with E-state index in [0.717, 1.165) is 100 Å². The second kappa shape index (κ2) is 15.6. The van der Waals surface area contributed by atoms with Crippen LogP contribution in [-0.4, -0.2) is 77.7 Å². The molecular weight excluding hydrogens is 802 g/mol. The summed E-state index contributed by atoms with van der Waals surface area (Å²) < 4.78 is 16.0. The van der Waals surface area contributed by atoms with E-state index in [1.807, 2.05) is 29.0 Å². The van der Waals surface area contributed by atoms with Gasteiger partial charge in [0, 0.05) is 49.9 Å². The average molecular weight is 842 g/mol. The molecule has 3 fully saturated rings. The van der Waals surface area contributed by atoms with E-state index >= 15 is 0 Å². The van der Waals surface area contributed by atoms with Crippen LogP contribution in [0.25, 0.3) is 33.8 Å². The maximum absolute atomic E-state index is 6.36. The third-order valence-corrected chi connectivity index (χ3v) is 10.6. The molecule has 0 radical (unpaired) electrons. The van der Waals surface area contributed by atoms with Gasteiger partial charge in [0.25, 0.3) is 0 Å². The lowest BCUT2D eigenvalue weighted by Crippen LogP contribution is -2.27. The number of rotatable bonds is 9. The first kappa shape index (κ1) is 34.6. The molecule has 6 aromatic rings. The van der Waals surface area contributed by atoms with Crippen LogP contribution >= 0.6 is 45.8 Å². The van der Waals surface area contributed by atoms with Crippen LogP contribution in [0.4, 0.5) is 11.4 Å². The molecule has 0 amide bonds. The van der Waals surface area contributed by atoms with Gasteiger partial charge in [0.1, 0.15) is 9.53 Å². The number of hydrogen-bond acceptors (Lipinski definition) is 9. The van der Waals surface area contributed by atoms with Crippen LogP contribution in [0.3, 0.4) is 0 Å². The molecule has 2 unspecified atom stereocenters. The highest BCUT2D eigenvalue weighted by Crippen LogP contribution is 2.39. The van der Waals surface area contributed by atoms with E-state index in [0.29, 0.717) is 16.2 Å². The number of imidazole rings is 3. The Morgan fingerprint density at radius 1 is 0.725 bits per heavy atom. The Hall–Kier alpha value is -3.50. The van der Waals surface area contributed by atoms with Crippen LogP contribution in [0, 0.1) is 3.70 Å². The summed E-state index contributed by atoms with van der Waals surface area (Å²) in [6, 6.07) is 12.0. The zero-order valence-corrected chi connectivity index (χ0v) is 31.7. The lowest BCUT2D eigenvalue weighted by atomic mass is 10.1. The van der Waals surface area contributed by atoms with E-state index in [-0.39, 0.29) is 12.2 Å². The quantitative estimate of drug-likeness (QED) is 0.123. The molecule has 15 heteroatoms. The van der Waals surface area contributed by atoms with Gasteiger partial charge in [-0.25, -0.2) is 24.0 Å². The first-order valence-electron chi connectivity index (χ1n) is 17.6. The summed E-state index contributed by atoms with van der Waals surface area (Å²) in [6.45, 7) is 3.21. The molecule has 12 nitrogen and oxygen atoms in total. The normalized spacial score (nSPS) is 19.2. The molecule has 0 bridgehead atoms. The fourth-order valence-electron chi connectivity index (χ4n) is 6.56.